The normalized spacial score (nSPS) is 12.3. The third-order valence-electron chi connectivity index (χ3n) is 7.02. The van der Waals surface area contributed by atoms with Gasteiger partial charge in [0.2, 0.25) is 11.8 Å². The van der Waals surface area contributed by atoms with E-state index in [2.05, 4.69) is 21.2 Å². The van der Waals surface area contributed by atoms with Crippen LogP contribution < -0.4 is 9.62 Å². The van der Waals surface area contributed by atoms with Crippen LogP contribution in [0.1, 0.15) is 37.5 Å². The Hall–Kier alpha value is -4.02. The maximum absolute atomic E-state index is 14.5. The number of sulfonamides is 1. The van der Waals surface area contributed by atoms with Crippen LogP contribution in [0.15, 0.2) is 112 Å². The van der Waals surface area contributed by atoms with Crippen molar-refractivity contribution in [3.05, 3.63) is 130 Å². The summed E-state index contributed by atoms with van der Waals surface area (Å²) in [7, 11) is -4.21. The number of hydrogen-bond acceptors (Lipinski definition) is 4. The first-order valence-electron chi connectivity index (χ1n) is 14.5. The van der Waals surface area contributed by atoms with Crippen LogP contribution in [0.5, 0.6) is 0 Å². The van der Waals surface area contributed by atoms with E-state index in [1.807, 2.05) is 58.0 Å². The Morgan fingerprint density at radius 2 is 1.51 bits per heavy atom. The van der Waals surface area contributed by atoms with E-state index in [-0.39, 0.29) is 23.5 Å². The Labute approximate surface area is 273 Å². The molecule has 1 unspecified atom stereocenters. The molecular formula is C35H37BrFN3O4S. The number of nitrogens with one attached hydrogen (secondary N) is 1. The van der Waals surface area contributed by atoms with Gasteiger partial charge in [-0.2, -0.15) is 0 Å². The largest absolute Gasteiger partial charge is 0.350 e. The number of hydrogen-bond donors (Lipinski definition) is 1. The molecule has 0 fully saturated rings. The maximum atomic E-state index is 14.5. The second-order valence-electron chi connectivity index (χ2n) is 11.9. The molecule has 10 heteroatoms. The summed E-state index contributed by atoms with van der Waals surface area (Å²) < 4.78 is 43.7. The Balaban J connectivity index is 1.81. The van der Waals surface area contributed by atoms with E-state index in [1.54, 1.807) is 48.5 Å². The van der Waals surface area contributed by atoms with Crippen LogP contribution in [-0.4, -0.2) is 43.3 Å². The minimum absolute atomic E-state index is 0.0253. The minimum Gasteiger partial charge on any atom is -0.350 e. The summed E-state index contributed by atoms with van der Waals surface area (Å²) in [6.07, 6.45) is 0.178. The molecule has 0 bridgehead atoms. The smallest absolute Gasteiger partial charge is 0.264 e. The average Bonchev–Trinajstić information content (AvgIpc) is 2.98. The molecule has 45 heavy (non-hydrogen) atoms. The van der Waals surface area contributed by atoms with E-state index in [0.29, 0.717) is 10.0 Å². The van der Waals surface area contributed by atoms with Gasteiger partial charge in [0, 0.05) is 23.0 Å². The minimum atomic E-state index is -4.21. The van der Waals surface area contributed by atoms with Gasteiger partial charge in [-0.25, -0.2) is 12.8 Å². The first kappa shape index (κ1) is 33.9. The van der Waals surface area contributed by atoms with Crippen molar-refractivity contribution in [1.29, 1.82) is 0 Å². The van der Waals surface area contributed by atoms with Gasteiger partial charge in [-0.05, 0) is 81.3 Å². The molecule has 0 aromatic heterocycles. The van der Waals surface area contributed by atoms with Crippen LogP contribution in [0.3, 0.4) is 0 Å². The van der Waals surface area contributed by atoms with E-state index in [1.165, 1.54) is 29.2 Å². The molecule has 7 nitrogen and oxygen atoms in total. The van der Waals surface area contributed by atoms with Crippen LogP contribution in [-0.2, 0) is 32.6 Å². The summed E-state index contributed by atoms with van der Waals surface area (Å²) in [5.74, 6) is -1.43. The zero-order chi connectivity index (χ0) is 32.8. The fourth-order valence-corrected chi connectivity index (χ4v) is 6.58. The third-order valence-corrected chi connectivity index (χ3v) is 9.30. The molecule has 4 aromatic rings. The quantitative estimate of drug-likeness (QED) is 0.191. The van der Waals surface area contributed by atoms with Crippen LogP contribution in [0.4, 0.5) is 10.1 Å². The van der Waals surface area contributed by atoms with Crippen molar-refractivity contribution in [3.8, 4) is 0 Å². The second-order valence-corrected chi connectivity index (χ2v) is 14.7. The van der Waals surface area contributed by atoms with Crippen LogP contribution in [0.25, 0.3) is 0 Å². The molecule has 0 saturated carbocycles. The zero-order valence-corrected chi connectivity index (χ0v) is 28.1. The highest BCUT2D eigenvalue weighted by molar-refractivity contribution is 9.10. The highest BCUT2D eigenvalue weighted by atomic mass is 79.9. The number of rotatable bonds is 11. The van der Waals surface area contributed by atoms with Crippen molar-refractivity contribution in [2.75, 3.05) is 10.8 Å². The molecule has 0 saturated heterocycles. The molecule has 0 radical (unpaired) electrons. The van der Waals surface area contributed by atoms with E-state index in [4.69, 9.17) is 0 Å². The van der Waals surface area contributed by atoms with Crippen molar-refractivity contribution in [2.45, 2.75) is 57.1 Å². The lowest BCUT2D eigenvalue weighted by molar-refractivity contribution is -0.140. The van der Waals surface area contributed by atoms with Gasteiger partial charge in [-0.1, -0.05) is 82.2 Å². The summed E-state index contributed by atoms with van der Waals surface area (Å²) >= 11 is 3.42. The topological polar surface area (TPSA) is 86.8 Å². The van der Waals surface area contributed by atoms with Gasteiger partial charge in [0.1, 0.15) is 18.4 Å². The van der Waals surface area contributed by atoms with Gasteiger partial charge < -0.3 is 10.2 Å². The number of amides is 2. The Kier molecular flexibility index (Phi) is 10.8. The fourth-order valence-electron chi connectivity index (χ4n) is 4.79. The van der Waals surface area contributed by atoms with Crippen molar-refractivity contribution in [2.24, 2.45) is 0 Å². The molecular weight excluding hydrogens is 657 g/mol. The lowest BCUT2D eigenvalue weighted by Crippen LogP contribution is -2.56. The predicted molar refractivity (Wildman–Crippen MR) is 179 cm³/mol. The zero-order valence-electron chi connectivity index (χ0n) is 25.7. The summed E-state index contributed by atoms with van der Waals surface area (Å²) in [6.45, 7) is 6.77. The molecule has 2 amide bonds. The molecule has 0 aliphatic carbocycles. The van der Waals surface area contributed by atoms with Gasteiger partial charge in [-0.3, -0.25) is 13.9 Å². The predicted octanol–water partition coefficient (Wildman–Crippen LogP) is 6.65. The number of anilines is 1. The first-order valence-corrected chi connectivity index (χ1v) is 16.7. The number of carbonyl (C=O) groups excluding carboxylic acids is 2. The van der Waals surface area contributed by atoms with Crippen LogP contribution >= 0.6 is 15.9 Å². The van der Waals surface area contributed by atoms with Gasteiger partial charge in [0.15, 0.2) is 0 Å². The molecule has 0 heterocycles. The van der Waals surface area contributed by atoms with Crippen molar-refractivity contribution >= 4 is 43.5 Å². The number of benzene rings is 4. The molecule has 4 rings (SSSR count). The number of carbonyl (C=O) groups is 2. The van der Waals surface area contributed by atoms with Crippen molar-refractivity contribution in [1.82, 2.24) is 10.2 Å². The van der Waals surface area contributed by atoms with Gasteiger partial charge in [0.05, 0.1) is 10.6 Å². The standard InChI is InChI=1S/C35H37BrFN3O4S/c1-25-13-19-31(20-14-25)45(43,44)40(30-12-8-11-28(36)22-30)24-33(41)39(23-27-15-17-29(37)18-16-27)32(34(42)38-35(2,3)4)21-26-9-6-5-7-10-26/h5-20,22,32H,21,23-24H2,1-4H3,(H,38,42). The molecule has 0 spiro atoms. The van der Waals surface area contributed by atoms with E-state index >= 15 is 0 Å². The van der Waals surface area contributed by atoms with E-state index in [0.717, 1.165) is 15.4 Å². The highest BCUT2D eigenvalue weighted by Crippen LogP contribution is 2.27. The Morgan fingerprint density at radius 1 is 0.867 bits per heavy atom. The molecule has 1 atom stereocenters. The second kappa shape index (κ2) is 14.4. The third kappa shape index (κ3) is 9.25. The van der Waals surface area contributed by atoms with Gasteiger partial charge in [0.25, 0.3) is 10.0 Å². The van der Waals surface area contributed by atoms with Crippen LogP contribution in [0, 0.1) is 12.7 Å². The summed E-state index contributed by atoms with van der Waals surface area (Å²) in [4.78, 5) is 29.8. The maximum Gasteiger partial charge on any atom is 0.264 e. The lowest BCUT2D eigenvalue weighted by Gasteiger charge is -2.35. The molecule has 0 aliphatic heterocycles. The van der Waals surface area contributed by atoms with Crippen molar-refractivity contribution in [3.63, 3.8) is 0 Å². The summed E-state index contributed by atoms with van der Waals surface area (Å²) in [5.41, 5.74) is 1.96. The van der Waals surface area contributed by atoms with E-state index < -0.39 is 45.8 Å². The Bertz CT molecular complexity index is 1730. The fraction of sp³-hybridized carbons (Fsp3) is 0.257. The number of halogens is 2. The highest BCUT2D eigenvalue weighted by Gasteiger charge is 2.35. The molecule has 1 N–H and O–H groups in total. The van der Waals surface area contributed by atoms with Crippen LogP contribution in [0.2, 0.25) is 0 Å². The number of aryl methyl sites for hydroxylation is 1. The molecule has 236 valence electrons. The Morgan fingerprint density at radius 3 is 2.11 bits per heavy atom. The van der Waals surface area contributed by atoms with Crippen molar-refractivity contribution < 1.29 is 22.4 Å². The van der Waals surface area contributed by atoms with Gasteiger partial charge in [-0.15, -0.1) is 0 Å². The molecule has 0 aliphatic rings. The lowest BCUT2D eigenvalue weighted by atomic mass is 10.0. The SMILES string of the molecule is Cc1ccc(S(=O)(=O)N(CC(=O)N(Cc2ccc(F)cc2)C(Cc2ccccc2)C(=O)NC(C)(C)C)c2cccc(Br)c2)cc1. The first-order chi connectivity index (χ1) is 21.2. The monoisotopic (exact) mass is 693 g/mol. The van der Waals surface area contributed by atoms with E-state index in [9.17, 15) is 22.4 Å². The summed E-state index contributed by atoms with van der Waals surface area (Å²) in [5, 5.41) is 2.99. The van der Waals surface area contributed by atoms with Gasteiger partial charge >= 0.3 is 0 Å². The molecule has 4 aromatic carbocycles. The number of nitrogens with zero attached hydrogens (tertiary/aromatic N) is 2. The average molecular weight is 695 g/mol. The summed E-state index contributed by atoms with van der Waals surface area (Å²) in [6, 6.07) is 27.0.